The van der Waals surface area contributed by atoms with Crippen molar-refractivity contribution in [2.24, 2.45) is 0 Å². The Bertz CT molecular complexity index is 1250. The lowest BCUT2D eigenvalue weighted by molar-refractivity contribution is -0.192. The lowest BCUT2D eigenvalue weighted by atomic mass is 10.1. The standard InChI is InChI=1S/C20H14ClF6N3O.C2HF3O2/c21-14-8-12(6-7-13(14)19(22,23)24)15-9-17(30-18(29-15)20(25,26)27)28-10-16(31)11-4-2-1-3-5-11;3-2(4,5)1(6)7/h1-9,16,31H,10H2,(H,28,29,30);(H,6,7)/t16-;/m0./s1. The van der Waals surface area contributed by atoms with Gasteiger partial charge in [0.05, 0.1) is 22.4 Å². The largest absolute Gasteiger partial charge is 0.490 e. The Hall–Kier alpha value is -3.59. The van der Waals surface area contributed by atoms with E-state index in [-0.39, 0.29) is 23.6 Å². The van der Waals surface area contributed by atoms with Crippen molar-refractivity contribution in [1.29, 1.82) is 0 Å². The van der Waals surface area contributed by atoms with E-state index in [4.69, 9.17) is 21.5 Å². The number of carbonyl (C=O) groups is 1. The number of benzene rings is 2. The molecule has 0 saturated heterocycles. The summed E-state index contributed by atoms with van der Waals surface area (Å²) in [6.45, 7) is -0.161. The first kappa shape index (κ1) is 30.6. The molecule has 6 nitrogen and oxygen atoms in total. The molecule has 2 aromatic carbocycles. The third-order valence-electron chi connectivity index (χ3n) is 4.45. The number of halogens is 10. The molecule has 1 aromatic heterocycles. The van der Waals surface area contributed by atoms with Crippen molar-refractivity contribution >= 4 is 23.4 Å². The smallest absolute Gasteiger partial charge is 0.475 e. The van der Waals surface area contributed by atoms with Gasteiger partial charge in [0, 0.05) is 18.2 Å². The first-order chi connectivity index (χ1) is 17.4. The quantitative estimate of drug-likeness (QED) is 0.296. The number of aromatic nitrogens is 2. The Morgan fingerprint density at radius 1 is 0.895 bits per heavy atom. The minimum absolute atomic E-state index is 0.0578. The molecular formula is C22H15ClF9N3O3. The number of hydrogen-bond donors (Lipinski definition) is 3. The molecule has 0 amide bonds. The van der Waals surface area contributed by atoms with Crippen LogP contribution in [-0.2, 0) is 17.1 Å². The molecule has 206 valence electrons. The number of nitrogens with zero attached hydrogens (tertiary/aromatic N) is 2. The number of aliphatic carboxylic acids is 1. The van der Waals surface area contributed by atoms with Crippen LogP contribution >= 0.6 is 11.6 Å². The highest BCUT2D eigenvalue weighted by Gasteiger charge is 2.38. The van der Waals surface area contributed by atoms with E-state index in [1.54, 1.807) is 30.3 Å². The fraction of sp³-hybridized carbons (Fsp3) is 0.227. The fourth-order valence-corrected chi connectivity index (χ4v) is 3.00. The number of carboxylic acids is 1. The van der Waals surface area contributed by atoms with Crippen LogP contribution in [0.25, 0.3) is 11.3 Å². The van der Waals surface area contributed by atoms with Gasteiger partial charge in [0.2, 0.25) is 5.82 Å². The minimum atomic E-state index is -5.08. The van der Waals surface area contributed by atoms with Gasteiger partial charge in [-0.25, -0.2) is 14.8 Å². The lowest BCUT2D eigenvalue weighted by Gasteiger charge is -2.15. The molecule has 3 N–H and O–H groups in total. The number of anilines is 1. The van der Waals surface area contributed by atoms with Crippen molar-refractivity contribution in [1.82, 2.24) is 9.97 Å². The maximum Gasteiger partial charge on any atom is 0.490 e. The van der Waals surface area contributed by atoms with Gasteiger partial charge in [-0.1, -0.05) is 48.0 Å². The number of nitrogens with one attached hydrogen (secondary N) is 1. The average molecular weight is 576 g/mol. The van der Waals surface area contributed by atoms with Crippen LogP contribution in [0.3, 0.4) is 0 Å². The van der Waals surface area contributed by atoms with E-state index in [1.165, 1.54) is 0 Å². The van der Waals surface area contributed by atoms with Crippen LogP contribution < -0.4 is 5.32 Å². The number of aliphatic hydroxyl groups excluding tert-OH is 1. The summed E-state index contributed by atoms with van der Waals surface area (Å²) in [5.41, 5.74) is -0.922. The first-order valence-corrected chi connectivity index (χ1v) is 10.4. The maximum atomic E-state index is 13.3. The summed E-state index contributed by atoms with van der Waals surface area (Å²) in [6, 6.07) is 12.1. The van der Waals surface area contributed by atoms with Gasteiger partial charge < -0.3 is 15.5 Å². The predicted molar refractivity (Wildman–Crippen MR) is 116 cm³/mol. The number of rotatable bonds is 5. The molecule has 1 atom stereocenters. The molecule has 0 aliphatic heterocycles. The van der Waals surface area contributed by atoms with Crippen LogP contribution in [0.15, 0.2) is 54.6 Å². The summed E-state index contributed by atoms with van der Waals surface area (Å²) in [5, 5.41) is 19.2. The van der Waals surface area contributed by atoms with Crippen molar-refractivity contribution in [2.45, 2.75) is 24.6 Å². The van der Waals surface area contributed by atoms with Crippen LogP contribution in [0.4, 0.5) is 45.3 Å². The van der Waals surface area contributed by atoms with E-state index >= 15 is 0 Å². The van der Waals surface area contributed by atoms with Crippen LogP contribution in [0, 0.1) is 0 Å². The van der Waals surface area contributed by atoms with Crippen molar-refractivity contribution < 1.29 is 54.5 Å². The number of hydrogen-bond acceptors (Lipinski definition) is 5. The van der Waals surface area contributed by atoms with E-state index in [9.17, 15) is 44.6 Å². The molecule has 0 spiro atoms. The van der Waals surface area contributed by atoms with Gasteiger partial charge in [-0.05, 0) is 17.7 Å². The van der Waals surface area contributed by atoms with Crippen LogP contribution in [0.2, 0.25) is 5.02 Å². The molecule has 0 fully saturated rings. The van der Waals surface area contributed by atoms with Crippen molar-refractivity contribution in [3.05, 3.63) is 76.6 Å². The Balaban J connectivity index is 0.000000638. The molecule has 1 heterocycles. The van der Waals surface area contributed by atoms with Crippen LogP contribution in [0.5, 0.6) is 0 Å². The lowest BCUT2D eigenvalue weighted by Crippen LogP contribution is -2.21. The zero-order chi connectivity index (χ0) is 28.9. The number of carboxylic acid groups (broad SMARTS) is 1. The molecule has 38 heavy (non-hydrogen) atoms. The molecule has 0 bridgehead atoms. The summed E-state index contributed by atoms with van der Waals surface area (Å²) in [4.78, 5) is 15.7. The van der Waals surface area contributed by atoms with Crippen molar-refractivity contribution in [3.8, 4) is 11.3 Å². The Morgan fingerprint density at radius 2 is 1.47 bits per heavy atom. The van der Waals surface area contributed by atoms with Gasteiger partial charge in [-0.15, -0.1) is 0 Å². The molecule has 0 aliphatic rings. The number of aliphatic hydroxyl groups is 1. The molecule has 0 aliphatic carbocycles. The van der Waals surface area contributed by atoms with Crippen molar-refractivity contribution in [2.75, 3.05) is 11.9 Å². The monoisotopic (exact) mass is 575 g/mol. The van der Waals surface area contributed by atoms with E-state index in [2.05, 4.69) is 15.3 Å². The Labute approximate surface area is 212 Å². The van der Waals surface area contributed by atoms with Crippen molar-refractivity contribution in [3.63, 3.8) is 0 Å². The van der Waals surface area contributed by atoms with Gasteiger partial charge in [0.15, 0.2) is 0 Å². The Morgan fingerprint density at radius 3 is 1.95 bits per heavy atom. The summed E-state index contributed by atoms with van der Waals surface area (Å²) >= 11 is 5.67. The highest BCUT2D eigenvalue weighted by molar-refractivity contribution is 6.31. The second-order valence-corrected chi connectivity index (χ2v) is 7.67. The SMILES string of the molecule is O=C(O)C(F)(F)F.O[C@@H](CNc1cc(-c2ccc(C(F)(F)F)c(Cl)c2)nc(C(F)(F)F)n1)c1ccccc1. The van der Waals surface area contributed by atoms with E-state index in [0.717, 1.165) is 18.2 Å². The maximum absolute atomic E-state index is 13.3. The second-order valence-electron chi connectivity index (χ2n) is 7.26. The fourth-order valence-electron chi connectivity index (χ4n) is 2.71. The van der Waals surface area contributed by atoms with Gasteiger partial charge in [0.25, 0.3) is 0 Å². The average Bonchev–Trinajstić information content (AvgIpc) is 2.81. The summed E-state index contributed by atoms with van der Waals surface area (Å²) in [7, 11) is 0. The van der Waals surface area contributed by atoms with E-state index in [0.29, 0.717) is 11.6 Å². The van der Waals surface area contributed by atoms with Gasteiger partial charge in [0.1, 0.15) is 5.82 Å². The van der Waals surface area contributed by atoms with E-state index in [1.807, 2.05) is 0 Å². The normalized spacial score (nSPS) is 12.8. The topological polar surface area (TPSA) is 95.3 Å². The molecule has 0 radical (unpaired) electrons. The predicted octanol–water partition coefficient (Wildman–Crippen LogP) is 6.61. The van der Waals surface area contributed by atoms with Crippen LogP contribution in [-0.4, -0.2) is 38.9 Å². The summed E-state index contributed by atoms with van der Waals surface area (Å²) in [5.74, 6) is -4.51. The van der Waals surface area contributed by atoms with Gasteiger partial charge >= 0.3 is 24.5 Å². The summed E-state index contributed by atoms with van der Waals surface area (Å²) in [6.07, 6.45) is -15.7. The summed E-state index contributed by atoms with van der Waals surface area (Å²) < 4.78 is 110. The third kappa shape index (κ3) is 8.76. The molecule has 3 aromatic rings. The highest BCUT2D eigenvalue weighted by Crippen LogP contribution is 2.37. The zero-order valence-electron chi connectivity index (χ0n) is 18.5. The first-order valence-electron chi connectivity index (χ1n) is 10.00. The van der Waals surface area contributed by atoms with Gasteiger partial charge in [-0.2, -0.15) is 39.5 Å². The van der Waals surface area contributed by atoms with E-state index < -0.39 is 47.0 Å². The van der Waals surface area contributed by atoms with Crippen LogP contribution in [0.1, 0.15) is 23.1 Å². The zero-order valence-corrected chi connectivity index (χ0v) is 19.2. The van der Waals surface area contributed by atoms with Gasteiger partial charge in [-0.3, -0.25) is 0 Å². The molecule has 0 saturated carbocycles. The molecular weight excluding hydrogens is 561 g/mol. The molecule has 0 unspecified atom stereocenters. The second kappa shape index (κ2) is 11.9. The molecule has 16 heteroatoms. The third-order valence-corrected chi connectivity index (χ3v) is 4.77. The Kier molecular flexibility index (Phi) is 9.56. The minimum Gasteiger partial charge on any atom is -0.475 e. The highest BCUT2D eigenvalue weighted by atomic mass is 35.5. The molecule has 3 rings (SSSR count). The number of alkyl halides is 9.